The largest absolute Gasteiger partial charge is 0.472 e. The van der Waals surface area contributed by atoms with E-state index in [-0.39, 0.29) is 18.9 Å². The average Bonchev–Trinajstić information content (AvgIpc) is 3.37. The minimum absolute atomic E-state index is 0.0135. The minimum Gasteiger partial charge on any atom is -0.390 e. The summed E-state index contributed by atoms with van der Waals surface area (Å²) in [6.45, 7) is 4.39. The molecule has 0 aliphatic heterocycles. The van der Waals surface area contributed by atoms with E-state index < -0.39 is 32.7 Å². The molecule has 0 aliphatic carbocycles. The molecule has 0 heterocycles. The highest BCUT2D eigenvalue weighted by Crippen LogP contribution is 2.43. The summed E-state index contributed by atoms with van der Waals surface area (Å²) >= 11 is 0. The Bertz CT molecular complexity index is 1340. The lowest BCUT2D eigenvalue weighted by molar-refractivity contribution is -0.870. The fourth-order valence-electron chi connectivity index (χ4n) is 9.95. The fraction of sp³-hybridized carbons (Fsp3) is 0.892. The number of carbonyl (C=O) groups excluding carboxylic acids is 1. The van der Waals surface area contributed by atoms with Crippen LogP contribution in [0.5, 0.6) is 0 Å². The van der Waals surface area contributed by atoms with Gasteiger partial charge in [-0.1, -0.05) is 287 Å². The number of nitrogens with zero attached hydrogens (tertiary/aromatic N) is 1. The van der Waals surface area contributed by atoms with Crippen LogP contribution >= 0.6 is 7.82 Å². The normalized spacial score (nSPS) is 14.4. The van der Waals surface area contributed by atoms with Crippen molar-refractivity contribution in [2.24, 2.45) is 0 Å². The molecular formula is C65H128N2O7P+. The van der Waals surface area contributed by atoms with Crippen molar-refractivity contribution in [3.05, 3.63) is 36.5 Å². The summed E-state index contributed by atoms with van der Waals surface area (Å²) in [5, 5.41) is 24.8. The number of allylic oxidation sites excluding steroid dienone is 6. The first-order valence-corrected chi connectivity index (χ1v) is 33.9. The minimum atomic E-state index is -4.43. The Hall–Kier alpha value is -1.32. The molecule has 0 fully saturated rings. The van der Waals surface area contributed by atoms with Gasteiger partial charge in [0.1, 0.15) is 19.3 Å². The molecule has 0 radical (unpaired) electrons. The van der Waals surface area contributed by atoms with E-state index in [1.54, 1.807) is 0 Å². The number of nitrogens with one attached hydrogen (secondary N) is 1. The number of phosphoric acid groups is 1. The third-order valence-corrected chi connectivity index (χ3v) is 16.0. The van der Waals surface area contributed by atoms with Gasteiger partial charge < -0.3 is 24.9 Å². The zero-order chi connectivity index (χ0) is 55.0. The van der Waals surface area contributed by atoms with E-state index in [1.165, 1.54) is 231 Å². The van der Waals surface area contributed by atoms with Crippen molar-refractivity contribution < 1.29 is 38.0 Å². The Balaban J connectivity index is 3.90. The molecule has 0 aromatic heterocycles. The number of amides is 1. The highest BCUT2D eigenvalue weighted by molar-refractivity contribution is 7.47. The molecule has 0 spiro atoms. The second-order valence-electron chi connectivity index (χ2n) is 23.6. The molecule has 10 heteroatoms. The number of carbonyl (C=O) groups is 1. The van der Waals surface area contributed by atoms with Crippen molar-refractivity contribution in [3.63, 3.8) is 0 Å². The standard InChI is InChI=1S/C65H127N2O7P/c1-6-8-10-12-14-16-18-20-21-22-23-24-25-26-27-28-29-30-31-32-33-34-35-36-37-38-39-40-41-42-43-44-45-46-48-50-52-54-56-58-64(69)66-62(61-74-75(71,72)73-60-59-67(3,4)5)65(70)63(68)57-55-53-51-49-47-19-17-15-13-11-9-7-2/h7,9,15,17,49,51,62-63,65,68,70H,6,8,10-14,16,18-48,50,52-61H2,1-5H3,(H-,66,69,71,72)/p+1/b9-7+,17-15+,51-49+. The van der Waals surface area contributed by atoms with E-state index in [9.17, 15) is 24.5 Å². The van der Waals surface area contributed by atoms with Gasteiger partial charge in [-0.2, -0.15) is 0 Å². The fourth-order valence-corrected chi connectivity index (χ4v) is 10.7. The van der Waals surface area contributed by atoms with E-state index in [2.05, 4.69) is 48.7 Å². The molecule has 1 amide bonds. The average molecular weight is 1080 g/mol. The van der Waals surface area contributed by atoms with E-state index in [0.717, 1.165) is 51.4 Å². The molecule has 0 aromatic rings. The second-order valence-corrected chi connectivity index (χ2v) is 25.1. The summed E-state index contributed by atoms with van der Waals surface area (Å²) < 4.78 is 23.6. The molecule has 75 heavy (non-hydrogen) atoms. The Labute approximate surface area is 466 Å². The van der Waals surface area contributed by atoms with Crippen LogP contribution < -0.4 is 5.32 Å². The van der Waals surface area contributed by atoms with Crippen LogP contribution in [0.1, 0.15) is 316 Å². The third kappa shape index (κ3) is 57.2. The van der Waals surface area contributed by atoms with Crippen LogP contribution in [0.15, 0.2) is 36.5 Å². The topological polar surface area (TPSA) is 125 Å². The Morgan fingerprint density at radius 1 is 0.480 bits per heavy atom. The van der Waals surface area contributed by atoms with Crippen LogP contribution in [0.25, 0.3) is 0 Å². The zero-order valence-corrected chi connectivity index (χ0v) is 51.3. The van der Waals surface area contributed by atoms with Crippen molar-refractivity contribution in [3.8, 4) is 0 Å². The molecule has 0 saturated heterocycles. The predicted molar refractivity (Wildman–Crippen MR) is 324 cm³/mol. The number of quaternary nitrogens is 1. The lowest BCUT2D eigenvalue weighted by Crippen LogP contribution is -2.51. The molecule has 444 valence electrons. The van der Waals surface area contributed by atoms with Crippen molar-refractivity contribution in [1.29, 1.82) is 0 Å². The molecular weight excluding hydrogens is 952 g/mol. The molecule has 4 atom stereocenters. The van der Waals surface area contributed by atoms with Crippen molar-refractivity contribution in [1.82, 2.24) is 5.32 Å². The Morgan fingerprint density at radius 2 is 0.800 bits per heavy atom. The maximum Gasteiger partial charge on any atom is 0.472 e. The van der Waals surface area contributed by atoms with Gasteiger partial charge in [0, 0.05) is 6.42 Å². The molecule has 0 aromatic carbocycles. The number of aliphatic hydroxyl groups is 2. The van der Waals surface area contributed by atoms with Gasteiger partial charge >= 0.3 is 7.82 Å². The Morgan fingerprint density at radius 3 is 1.13 bits per heavy atom. The SMILES string of the molecule is C/C=C/CC/C=C/CC/C=C/CCCC(O)C(O)C(COP(=O)(O)OCC[N+](C)(C)C)NC(=O)CCCCCCCCCCCCCCCCCCCCCCCCCCCCCCCCCCCCCCCCC. The molecule has 0 saturated carbocycles. The van der Waals surface area contributed by atoms with Gasteiger partial charge in [-0.25, -0.2) is 4.57 Å². The van der Waals surface area contributed by atoms with Gasteiger partial charge in [0.15, 0.2) is 0 Å². The summed E-state index contributed by atoms with van der Waals surface area (Å²) in [4.78, 5) is 23.3. The van der Waals surface area contributed by atoms with Gasteiger partial charge in [0.25, 0.3) is 0 Å². The van der Waals surface area contributed by atoms with Crippen LogP contribution in [0.3, 0.4) is 0 Å². The highest BCUT2D eigenvalue weighted by atomic mass is 31.2. The Kier molecular flexibility index (Phi) is 55.0. The maximum atomic E-state index is 13.0. The second kappa shape index (κ2) is 56.0. The quantitative estimate of drug-likeness (QED) is 0.0207. The smallest absolute Gasteiger partial charge is 0.390 e. The molecule has 0 rings (SSSR count). The summed E-state index contributed by atoms with van der Waals surface area (Å²) in [5.74, 6) is -0.270. The number of likely N-dealkylation sites (N-methyl/N-ethyl adjacent to an activating group) is 1. The lowest BCUT2D eigenvalue weighted by atomic mass is 10.0. The molecule has 0 aliphatic rings. The summed E-state index contributed by atoms with van der Waals surface area (Å²) in [6, 6.07) is -1.06. The van der Waals surface area contributed by atoms with Gasteiger partial charge in [-0.05, 0) is 58.3 Å². The number of aliphatic hydroxyl groups excluding tert-OH is 2. The summed E-state index contributed by atoms with van der Waals surface area (Å²) in [6.07, 6.45) is 70.3. The monoisotopic (exact) mass is 1080 g/mol. The van der Waals surface area contributed by atoms with Crippen molar-refractivity contribution >= 4 is 13.7 Å². The van der Waals surface area contributed by atoms with Crippen molar-refractivity contribution in [2.75, 3.05) is 40.9 Å². The van der Waals surface area contributed by atoms with E-state index in [1.807, 2.05) is 28.1 Å². The lowest BCUT2D eigenvalue weighted by Gasteiger charge is -2.28. The van der Waals surface area contributed by atoms with Gasteiger partial charge in [0.2, 0.25) is 5.91 Å². The van der Waals surface area contributed by atoms with Gasteiger partial charge in [-0.15, -0.1) is 0 Å². The molecule has 9 nitrogen and oxygen atoms in total. The van der Waals surface area contributed by atoms with Crippen LogP contribution in [0.4, 0.5) is 0 Å². The van der Waals surface area contributed by atoms with Crippen LogP contribution in [-0.4, -0.2) is 84.6 Å². The van der Waals surface area contributed by atoms with Gasteiger partial charge in [0.05, 0.1) is 39.9 Å². The highest BCUT2D eigenvalue weighted by Gasteiger charge is 2.32. The molecule has 0 bridgehead atoms. The number of unbranched alkanes of at least 4 members (excludes halogenated alkanes) is 41. The first kappa shape index (κ1) is 73.7. The van der Waals surface area contributed by atoms with Crippen molar-refractivity contribution in [2.45, 2.75) is 334 Å². The van der Waals surface area contributed by atoms with Crippen LogP contribution in [-0.2, 0) is 18.4 Å². The predicted octanol–water partition coefficient (Wildman–Crippen LogP) is 19.1. The van der Waals surface area contributed by atoms with E-state index in [4.69, 9.17) is 9.05 Å². The first-order chi connectivity index (χ1) is 36.4. The summed E-state index contributed by atoms with van der Waals surface area (Å²) in [5.41, 5.74) is 0. The zero-order valence-electron chi connectivity index (χ0n) is 50.4. The number of hydrogen-bond acceptors (Lipinski definition) is 6. The summed E-state index contributed by atoms with van der Waals surface area (Å²) in [7, 11) is 1.41. The molecule has 4 unspecified atom stereocenters. The number of hydrogen-bond donors (Lipinski definition) is 4. The van der Waals surface area contributed by atoms with E-state index >= 15 is 0 Å². The molecule has 4 N–H and O–H groups in total. The number of rotatable bonds is 60. The van der Waals surface area contributed by atoms with Crippen LogP contribution in [0.2, 0.25) is 0 Å². The number of phosphoric ester groups is 1. The first-order valence-electron chi connectivity index (χ1n) is 32.4. The van der Waals surface area contributed by atoms with Crippen LogP contribution in [0, 0.1) is 0 Å². The van der Waals surface area contributed by atoms with E-state index in [0.29, 0.717) is 23.9 Å². The van der Waals surface area contributed by atoms with Gasteiger partial charge in [-0.3, -0.25) is 13.8 Å². The third-order valence-electron chi connectivity index (χ3n) is 15.0. The maximum absolute atomic E-state index is 13.0.